The van der Waals surface area contributed by atoms with Crippen LogP contribution in [0.5, 0.6) is 0 Å². The Hall–Kier alpha value is -1.62. The molecular formula is C13H15BrN4. The van der Waals surface area contributed by atoms with Crippen LogP contribution in [0.1, 0.15) is 5.82 Å². The SMILES string of the molecule is Cc1nc(Nc2ccc(Br)cc2)cc(N(C)C)n1. The molecule has 0 aliphatic carbocycles. The van der Waals surface area contributed by atoms with E-state index < -0.39 is 0 Å². The first-order valence-electron chi connectivity index (χ1n) is 5.60. The van der Waals surface area contributed by atoms with Gasteiger partial charge in [-0.1, -0.05) is 15.9 Å². The predicted molar refractivity (Wildman–Crippen MR) is 78.5 cm³/mol. The van der Waals surface area contributed by atoms with Crippen molar-refractivity contribution in [2.45, 2.75) is 6.92 Å². The molecule has 2 aromatic rings. The maximum absolute atomic E-state index is 4.37. The minimum Gasteiger partial charge on any atom is -0.363 e. The number of benzene rings is 1. The third kappa shape index (κ3) is 3.20. The molecule has 4 nitrogen and oxygen atoms in total. The number of hydrogen-bond donors (Lipinski definition) is 1. The van der Waals surface area contributed by atoms with E-state index in [1.54, 1.807) is 0 Å². The van der Waals surface area contributed by atoms with Crippen LogP contribution in [0.2, 0.25) is 0 Å². The monoisotopic (exact) mass is 306 g/mol. The van der Waals surface area contributed by atoms with Crippen molar-refractivity contribution >= 4 is 33.3 Å². The summed E-state index contributed by atoms with van der Waals surface area (Å²) in [6.45, 7) is 1.89. The Morgan fingerprint density at radius 3 is 2.39 bits per heavy atom. The smallest absolute Gasteiger partial charge is 0.136 e. The molecule has 1 heterocycles. The van der Waals surface area contributed by atoms with E-state index in [9.17, 15) is 0 Å². The van der Waals surface area contributed by atoms with Gasteiger partial charge in [0, 0.05) is 30.3 Å². The summed E-state index contributed by atoms with van der Waals surface area (Å²) in [4.78, 5) is 10.7. The first-order chi connectivity index (χ1) is 8.54. The topological polar surface area (TPSA) is 41.1 Å². The molecule has 0 saturated heterocycles. The van der Waals surface area contributed by atoms with Gasteiger partial charge >= 0.3 is 0 Å². The van der Waals surface area contributed by atoms with Gasteiger partial charge in [-0.2, -0.15) is 0 Å². The second-order valence-corrected chi connectivity index (χ2v) is 5.10. The van der Waals surface area contributed by atoms with Crippen LogP contribution in [0.3, 0.4) is 0 Å². The number of aryl methyl sites for hydroxylation is 1. The van der Waals surface area contributed by atoms with Crippen molar-refractivity contribution in [3.63, 3.8) is 0 Å². The molecule has 1 aromatic carbocycles. The summed E-state index contributed by atoms with van der Waals surface area (Å²) in [7, 11) is 3.93. The van der Waals surface area contributed by atoms with Gasteiger partial charge in [0.05, 0.1) is 0 Å². The average Bonchev–Trinajstić information content (AvgIpc) is 2.31. The number of rotatable bonds is 3. The Labute approximate surface area is 115 Å². The molecule has 0 spiro atoms. The minimum atomic E-state index is 0.751. The lowest BCUT2D eigenvalue weighted by Crippen LogP contribution is -2.12. The zero-order chi connectivity index (χ0) is 13.1. The molecule has 94 valence electrons. The van der Waals surface area contributed by atoms with Gasteiger partial charge in [0.15, 0.2) is 0 Å². The first-order valence-corrected chi connectivity index (χ1v) is 6.39. The van der Waals surface area contributed by atoms with E-state index >= 15 is 0 Å². The van der Waals surface area contributed by atoms with E-state index in [0.717, 1.165) is 27.6 Å². The van der Waals surface area contributed by atoms with E-state index in [1.165, 1.54) is 0 Å². The van der Waals surface area contributed by atoms with E-state index in [0.29, 0.717) is 0 Å². The van der Waals surface area contributed by atoms with Crippen LogP contribution in [0.4, 0.5) is 17.3 Å². The third-order valence-electron chi connectivity index (χ3n) is 2.40. The van der Waals surface area contributed by atoms with Crippen molar-refractivity contribution < 1.29 is 0 Å². The molecule has 5 heteroatoms. The fraction of sp³-hybridized carbons (Fsp3) is 0.231. The number of halogens is 1. The summed E-state index contributed by atoms with van der Waals surface area (Å²) in [6, 6.07) is 9.90. The molecule has 0 radical (unpaired) electrons. The van der Waals surface area contributed by atoms with Crippen LogP contribution in [0.25, 0.3) is 0 Å². The Morgan fingerprint density at radius 2 is 1.78 bits per heavy atom. The predicted octanol–water partition coefficient (Wildman–Crippen LogP) is 3.36. The molecule has 0 aliphatic heterocycles. The number of aromatic nitrogens is 2. The highest BCUT2D eigenvalue weighted by atomic mass is 79.9. The molecule has 0 atom stereocenters. The van der Waals surface area contributed by atoms with Gasteiger partial charge in [-0.05, 0) is 31.2 Å². The fourth-order valence-electron chi connectivity index (χ4n) is 1.53. The van der Waals surface area contributed by atoms with Crippen molar-refractivity contribution in [3.8, 4) is 0 Å². The summed E-state index contributed by atoms with van der Waals surface area (Å²) >= 11 is 3.41. The number of nitrogens with zero attached hydrogens (tertiary/aromatic N) is 3. The molecular weight excluding hydrogens is 292 g/mol. The summed E-state index contributed by atoms with van der Waals surface area (Å²) in [5.74, 6) is 2.44. The maximum atomic E-state index is 4.37. The van der Waals surface area contributed by atoms with Crippen LogP contribution >= 0.6 is 15.9 Å². The Balaban J connectivity index is 2.26. The fourth-order valence-corrected chi connectivity index (χ4v) is 1.79. The van der Waals surface area contributed by atoms with Gasteiger partial charge < -0.3 is 10.2 Å². The van der Waals surface area contributed by atoms with Crippen molar-refractivity contribution in [1.82, 2.24) is 9.97 Å². The van der Waals surface area contributed by atoms with E-state index in [4.69, 9.17) is 0 Å². The summed E-state index contributed by atoms with van der Waals surface area (Å²) in [6.07, 6.45) is 0. The second-order valence-electron chi connectivity index (χ2n) is 4.18. The molecule has 0 bridgehead atoms. The highest BCUT2D eigenvalue weighted by molar-refractivity contribution is 9.10. The summed E-state index contributed by atoms with van der Waals surface area (Å²) < 4.78 is 1.06. The van der Waals surface area contributed by atoms with Gasteiger partial charge in [-0.3, -0.25) is 0 Å². The standard InChI is InChI=1S/C13H15BrN4/c1-9-15-12(8-13(16-9)18(2)3)17-11-6-4-10(14)5-7-11/h4-8H,1-3H3,(H,15,16,17). The zero-order valence-electron chi connectivity index (χ0n) is 10.6. The summed E-state index contributed by atoms with van der Waals surface area (Å²) in [5, 5.41) is 3.27. The third-order valence-corrected chi connectivity index (χ3v) is 2.93. The van der Waals surface area contributed by atoms with Gasteiger partial charge in [0.25, 0.3) is 0 Å². The summed E-state index contributed by atoms with van der Waals surface area (Å²) in [5.41, 5.74) is 1.00. The molecule has 1 N–H and O–H groups in total. The first kappa shape index (κ1) is 12.8. The molecule has 0 fully saturated rings. The molecule has 0 aliphatic rings. The molecule has 2 rings (SSSR count). The molecule has 0 saturated carbocycles. The van der Waals surface area contributed by atoms with E-state index in [2.05, 4.69) is 31.2 Å². The Kier molecular flexibility index (Phi) is 3.81. The van der Waals surface area contributed by atoms with Gasteiger partial charge in [0.1, 0.15) is 17.5 Å². The zero-order valence-corrected chi connectivity index (χ0v) is 12.2. The van der Waals surface area contributed by atoms with Crippen LogP contribution in [-0.2, 0) is 0 Å². The lowest BCUT2D eigenvalue weighted by molar-refractivity contribution is 0.991. The highest BCUT2D eigenvalue weighted by Crippen LogP contribution is 2.20. The van der Waals surface area contributed by atoms with Gasteiger partial charge in [0.2, 0.25) is 0 Å². The second kappa shape index (κ2) is 5.35. The van der Waals surface area contributed by atoms with Crippen LogP contribution in [0.15, 0.2) is 34.8 Å². The highest BCUT2D eigenvalue weighted by Gasteiger charge is 2.03. The minimum absolute atomic E-state index is 0.751. The lowest BCUT2D eigenvalue weighted by Gasteiger charge is -2.14. The lowest BCUT2D eigenvalue weighted by atomic mass is 10.3. The van der Waals surface area contributed by atoms with Crippen molar-refractivity contribution in [3.05, 3.63) is 40.6 Å². The van der Waals surface area contributed by atoms with Gasteiger partial charge in [-0.15, -0.1) is 0 Å². The normalized spacial score (nSPS) is 10.2. The quantitative estimate of drug-likeness (QED) is 0.944. The number of nitrogens with one attached hydrogen (secondary N) is 1. The largest absolute Gasteiger partial charge is 0.363 e. The van der Waals surface area contributed by atoms with Crippen molar-refractivity contribution in [2.75, 3.05) is 24.3 Å². The van der Waals surface area contributed by atoms with Crippen LogP contribution in [0, 0.1) is 6.92 Å². The maximum Gasteiger partial charge on any atom is 0.136 e. The Morgan fingerprint density at radius 1 is 1.11 bits per heavy atom. The Bertz CT molecular complexity index is 537. The average molecular weight is 307 g/mol. The molecule has 18 heavy (non-hydrogen) atoms. The van der Waals surface area contributed by atoms with E-state index in [-0.39, 0.29) is 0 Å². The van der Waals surface area contributed by atoms with Crippen molar-refractivity contribution in [1.29, 1.82) is 0 Å². The number of hydrogen-bond acceptors (Lipinski definition) is 4. The van der Waals surface area contributed by atoms with Crippen LogP contribution in [-0.4, -0.2) is 24.1 Å². The molecule has 1 aromatic heterocycles. The number of anilines is 3. The van der Waals surface area contributed by atoms with Gasteiger partial charge in [-0.25, -0.2) is 9.97 Å². The van der Waals surface area contributed by atoms with E-state index in [1.807, 2.05) is 56.3 Å². The molecule has 0 unspecified atom stereocenters. The van der Waals surface area contributed by atoms with Crippen molar-refractivity contribution in [2.24, 2.45) is 0 Å². The van der Waals surface area contributed by atoms with Crippen LogP contribution < -0.4 is 10.2 Å². The molecule has 0 amide bonds.